The number of hydrogen-bond donors (Lipinski definition) is 0. The summed E-state index contributed by atoms with van der Waals surface area (Å²) in [7, 11) is 0. The van der Waals surface area contributed by atoms with E-state index in [1.165, 1.54) is 18.6 Å². The van der Waals surface area contributed by atoms with Crippen LogP contribution in [0.5, 0.6) is 0 Å². The van der Waals surface area contributed by atoms with Crippen LogP contribution in [0, 0.1) is 5.82 Å². The molecule has 1 aromatic carbocycles. The van der Waals surface area contributed by atoms with Gasteiger partial charge in [-0.2, -0.15) is 0 Å². The fourth-order valence-electron chi connectivity index (χ4n) is 2.09. The van der Waals surface area contributed by atoms with Crippen molar-refractivity contribution in [1.82, 2.24) is 9.97 Å². The summed E-state index contributed by atoms with van der Waals surface area (Å²) in [4.78, 5) is 8.36. The lowest BCUT2D eigenvalue weighted by Crippen LogP contribution is -2.11. The zero-order chi connectivity index (χ0) is 11.1. The summed E-state index contributed by atoms with van der Waals surface area (Å²) in [6.07, 6.45) is 3.43. The minimum Gasteiger partial charge on any atom is -0.222 e. The maximum absolute atomic E-state index is 13.2. The van der Waals surface area contributed by atoms with Gasteiger partial charge < -0.3 is 0 Å². The number of aromatic nitrogens is 2. The third kappa shape index (κ3) is 1.55. The van der Waals surface area contributed by atoms with Crippen LogP contribution < -0.4 is 0 Å². The van der Waals surface area contributed by atoms with Crippen LogP contribution in [-0.4, -0.2) is 9.97 Å². The molecule has 1 aliphatic carbocycles. The van der Waals surface area contributed by atoms with Crippen molar-refractivity contribution in [3.05, 3.63) is 35.0 Å². The summed E-state index contributed by atoms with van der Waals surface area (Å²) in [5.74, 6) is 0.170. The maximum Gasteiger partial charge on any atom is 0.223 e. The monoisotopic (exact) mass is 236 g/mol. The molecule has 3 rings (SSSR count). The Balaban J connectivity index is 2.26. The van der Waals surface area contributed by atoms with Crippen LogP contribution in [0.3, 0.4) is 0 Å². The topological polar surface area (TPSA) is 25.8 Å². The van der Waals surface area contributed by atoms with Crippen LogP contribution in [0.25, 0.3) is 10.9 Å². The highest BCUT2D eigenvalue weighted by molar-refractivity contribution is 6.28. The lowest BCUT2D eigenvalue weighted by molar-refractivity contribution is 0.413. The van der Waals surface area contributed by atoms with E-state index >= 15 is 0 Å². The van der Waals surface area contributed by atoms with Gasteiger partial charge in [-0.15, -0.1) is 0 Å². The number of rotatable bonds is 1. The molecular weight excluding hydrogens is 227 g/mol. The highest BCUT2D eigenvalue weighted by Crippen LogP contribution is 2.38. The molecule has 16 heavy (non-hydrogen) atoms. The van der Waals surface area contributed by atoms with Gasteiger partial charge in [0.25, 0.3) is 0 Å². The van der Waals surface area contributed by atoms with Crippen LogP contribution in [0.1, 0.15) is 30.9 Å². The predicted octanol–water partition coefficient (Wildman–Crippen LogP) is 3.69. The SMILES string of the molecule is Fc1ccc2nc(Cl)nc(C3CCC3)c2c1. The molecule has 1 aliphatic rings. The van der Waals surface area contributed by atoms with Crippen molar-refractivity contribution in [3.63, 3.8) is 0 Å². The molecule has 1 saturated carbocycles. The van der Waals surface area contributed by atoms with Crippen LogP contribution in [-0.2, 0) is 0 Å². The Bertz CT molecular complexity index is 552. The van der Waals surface area contributed by atoms with E-state index in [2.05, 4.69) is 9.97 Å². The molecule has 0 spiro atoms. The van der Waals surface area contributed by atoms with E-state index in [1.54, 1.807) is 6.07 Å². The van der Waals surface area contributed by atoms with Gasteiger partial charge in [-0.05, 0) is 42.6 Å². The molecule has 0 unspecified atom stereocenters. The molecule has 0 aliphatic heterocycles. The normalized spacial score (nSPS) is 16.4. The van der Waals surface area contributed by atoms with Crippen molar-refractivity contribution < 1.29 is 4.39 Å². The standard InChI is InChI=1S/C12H10ClFN2/c13-12-15-10-5-4-8(14)6-9(10)11(16-12)7-2-1-3-7/h4-7H,1-3H2. The highest BCUT2D eigenvalue weighted by Gasteiger charge is 2.24. The van der Waals surface area contributed by atoms with E-state index < -0.39 is 0 Å². The van der Waals surface area contributed by atoms with Crippen molar-refractivity contribution in [3.8, 4) is 0 Å². The summed E-state index contributed by atoms with van der Waals surface area (Å²) in [6.45, 7) is 0. The minimum atomic E-state index is -0.251. The smallest absolute Gasteiger partial charge is 0.222 e. The Kier molecular flexibility index (Phi) is 2.28. The first-order valence-electron chi connectivity index (χ1n) is 5.37. The van der Waals surface area contributed by atoms with E-state index in [0.717, 1.165) is 29.4 Å². The predicted molar refractivity (Wildman–Crippen MR) is 61.1 cm³/mol. The Morgan fingerprint density at radius 2 is 2.06 bits per heavy atom. The highest BCUT2D eigenvalue weighted by atomic mass is 35.5. The molecule has 4 heteroatoms. The quantitative estimate of drug-likeness (QED) is 0.706. The number of nitrogens with zero attached hydrogens (tertiary/aromatic N) is 2. The van der Waals surface area contributed by atoms with Crippen LogP contribution in [0.4, 0.5) is 4.39 Å². The summed E-state index contributed by atoms with van der Waals surface area (Å²) >= 11 is 5.87. The maximum atomic E-state index is 13.2. The molecular formula is C12H10ClFN2. The first-order chi connectivity index (χ1) is 7.74. The van der Waals surface area contributed by atoms with Gasteiger partial charge in [-0.1, -0.05) is 6.42 Å². The molecule has 0 bridgehead atoms. The number of hydrogen-bond acceptors (Lipinski definition) is 2. The van der Waals surface area contributed by atoms with Gasteiger partial charge in [0.05, 0.1) is 11.2 Å². The molecule has 0 N–H and O–H groups in total. The van der Waals surface area contributed by atoms with E-state index in [0.29, 0.717) is 5.92 Å². The summed E-state index contributed by atoms with van der Waals surface area (Å²) in [5, 5.41) is 1.05. The van der Waals surface area contributed by atoms with Crippen LogP contribution in [0.2, 0.25) is 5.28 Å². The Morgan fingerprint density at radius 1 is 1.25 bits per heavy atom. The van der Waals surface area contributed by atoms with E-state index in [1.807, 2.05) is 0 Å². The summed E-state index contributed by atoms with van der Waals surface area (Å²) in [5.41, 5.74) is 1.63. The number of fused-ring (bicyclic) bond motifs is 1. The average Bonchev–Trinajstić information content (AvgIpc) is 2.16. The lowest BCUT2D eigenvalue weighted by atomic mass is 9.81. The number of benzene rings is 1. The molecule has 0 amide bonds. The fraction of sp³-hybridized carbons (Fsp3) is 0.333. The van der Waals surface area contributed by atoms with Gasteiger partial charge in [-0.25, -0.2) is 14.4 Å². The first-order valence-corrected chi connectivity index (χ1v) is 5.74. The first kappa shape index (κ1) is 9.97. The third-order valence-electron chi connectivity index (χ3n) is 3.15. The molecule has 0 atom stereocenters. The zero-order valence-electron chi connectivity index (χ0n) is 8.58. The van der Waals surface area contributed by atoms with Gasteiger partial charge in [0.1, 0.15) is 5.82 Å². The van der Waals surface area contributed by atoms with Crippen molar-refractivity contribution in [1.29, 1.82) is 0 Å². The largest absolute Gasteiger partial charge is 0.223 e. The van der Waals surface area contributed by atoms with Crippen LogP contribution in [0.15, 0.2) is 18.2 Å². The minimum absolute atomic E-state index is 0.251. The summed E-state index contributed by atoms with van der Waals surface area (Å²) in [6, 6.07) is 4.55. The molecule has 2 aromatic rings. The van der Waals surface area contributed by atoms with Gasteiger partial charge in [0, 0.05) is 11.3 Å². The molecule has 2 nitrogen and oxygen atoms in total. The average molecular weight is 237 g/mol. The molecule has 1 aromatic heterocycles. The fourth-order valence-corrected chi connectivity index (χ4v) is 2.27. The molecule has 0 saturated heterocycles. The van der Waals surface area contributed by atoms with E-state index in [-0.39, 0.29) is 11.1 Å². The van der Waals surface area contributed by atoms with E-state index in [9.17, 15) is 4.39 Å². The third-order valence-corrected chi connectivity index (χ3v) is 3.32. The van der Waals surface area contributed by atoms with Crippen molar-refractivity contribution >= 4 is 22.5 Å². The Morgan fingerprint density at radius 3 is 2.75 bits per heavy atom. The second kappa shape index (κ2) is 3.67. The van der Waals surface area contributed by atoms with Crippen molar-refractivity contribution in [2.45, 2.75) is 25.2 Å². The lowest BCUT2D eigenvalue weighted by Gasteiger charge is -2.25. The van der Waals surface area contributed by atoms with Gasteiger partial charge in [-0.3, -0.25) is 0 Å². The van der Waals surface area contributed by atoms with E-state index in [4.69, 9.17) is 11.6 Å². The van der Waals surface area contributed by atoms with Gasteiger partial charge >= 0.3 is 0 Å². The molecule has 0 radical (unpaired) electrons. The number of halogens is 2. The molecule has 1 heterocycles. The van der Waals surface area contributed by atoms with Crippen molar-refractivity contribution in [2.24, 2.45) is 0 Å². The van der Waals surface area contributed by atoms with Gasteiger partial charge in [0.15, 0.2) is 0 Å². The molecule has 1 fully saturated rings. The second-order valence-electron chi connectivity index (χ2n) is 4.17. The van der Waals surface area contributed by atoms with Crippen molar-refractivity contribution in [2.75, 3.05) is 0 Å². The zero-order valence-corrected chi connectivity index (χ0v) is 9.34. The van der Waals surface area contributed by atoms with Gasteiger partial charge in [0.2, 0.25) is 5.28 Å². The summed E-state index contributed by atoms with van der Waals surface area (Å²) < 4.78 is 13.2. The molecule has 82 valence electrons. The Labute approximate surface area is 97.5 Å². The van der Waals surface area contributed by atoms with Crippen LogP contribution >= 0.6 is 11.6 Å². The second-order valence-corrected chi connectivity index (χ2v) is 4.51. The Hall–Kier alpha value is -1.22.